The van der Waals surface area contributed by atoms with Crippen LogP contribution in [0.5, 0.6) is 0 Å². The highest BCUT2D eigenvalue weighted by atomic mass is 16.5. The van der Waals surface area contributed by atoms with Gasteiger partial charge in [-0.1, -0.05) is 6.07 Å². The predicted octanol–water partition coefficient (Wildman–Crippen LogP) is 2.57. The van der Waals surface area contributed by atoms with Crippen molar-refractivity contribution in [2.75, 3.05) is 13.7 Å². The first-order valence-electron chi connectivity index (χ1n) is 6.27. The van der Waals surface area contributed by atoms with Crippen LogP contribution >= 0.6 is 0 Å². The Morgan fingerprint density at radius 2 is 2.11 bits per heavy atom. The first kappa shape index (κ1) is 13.1. The van der Waals surface area contributed by atoms with Crippen LogP contribution in [0.4, 0.5) is 0 Å². The fraction of sp³-hybridized carbons (Fsp3) is 0.500. The van der Waals surface area contributed by atoms with E-state index in [1.807, 2.05) is 0 Å². The van der Waals surface area contributed by atoms with E-state index >= 15 is 0 Å². The molecule has 2 N–H and O–H groups in total. The molecule has 1 aromatic carbocycles. The van der Waals surface area contributed by atoms with Gasteiger partial charge in [-0.05, 0) is 38.5 Å². The van der Waals surface area contributed by atoms with Gasteiger partial charge < -0.3 is 15.0 Å². The minimum absolute atomic E-state index is 0.190. The summed E-state index contributed by atoms with van der Waals surface area (Å²) in [6.07, 6.45) is 0. The summed E-state index contributed by atoms with van der Waals surface area (Å²) in [5.74, 6) is 0.896. The Bertz CT molecular complexity index is 545. The van der Waals surface area contributed by atoms with E-state index in [-0.39, 0.29) is 6.04 Å². The summed E-state index contributed by atoms with van der Waals surface area (Å²) in [5.41, 5.74) is 9.49. The number of nitrogens with two attached hydrogens (primary N) is 1. The van der Waals surface area contributed by atoms with E-state index in [9.17, 15) is 0 Å². The molecule has 0 aliphatic heterocycles. The lowest BCUT2D eigenvalue weighted by molar-refractivity contribution is 0.176. The van der Waals surface area contributed by atoms with Gasteiger partial charge in [-0.2, -0.15) is 0 Å². The van der Waals surface area contributed by atoms with Crippen LogP contribution in [-0.2, 0) is 4.74 Å². The fourth-order valence-corrected chi connectivity index (χ4v) is 2.29. The quantitative estimate of drug-likeness (QED) is 0.903. The third kappa shape index (κ3) is 2.26. The molecule has 2 rings (SSSR count). The smallest absolute Gasteiger partial charge is 0.129 e. The minimum Gasteiger partial charge on any atom is -0.383 e. The Balaban J connectivity index is 2.60. The number of benzene rings is 1. The Labute approximate surface area is 108 Å². The van der Waals surface area contributed by atoms with Crippen molar-refractivity contribution in [1.82, 2.24) is 9.55 Å². The Hall–Kier alpha value is -1.39. The standard InChI is InChI=1S/C14H21N3O/c1-9(2)17-13-6-5-10(3)7-12(13)16-14(17)11(15)8-18-4/h5-7,9,11H,8,15H2,1-4H3. The average molecular weight is 247 g/mol. The summed E-state index contributed by atoms with van der Waals surface area (Å²) in [5, 5.41) is 0. The summed E-state index contributed by atoms with van der Waals surface area (Å²) in [6, 6.07) is 6.45. The zero-order valence-electron chi connectivity index (χ0n) is 11.5. The van der Waals surface area contributed by atoms with Gasteiger partial charge in [0, 0.05) is 13.2 Å². The van der Waals surface area contributed by atoms with Crippen LogP contribution in [0.15, 0.2) is 18.2 Å². The monoisotopic (exact) mass is 247 g/mol. The van der Waals surface area contributed by atoms with Crippen LogP contribution in [0.3, 0.4) is 0 Å². The van der Waals surface area contributed by atoms with Crippen LogP contribution in [0, 0.1) is 6.92 Å². The van der Waals surface area contributed by atoms with Crippen molar-refractivity contribution in [2.45, 2.75) is 32.9 Å². The third-order valence-electron chi connectivity index (χ3n) is 3.07. The summed E-state index contributed by atoms with van der Waals surface area (Å²) >= 11 is 0. The van der Waals surface area contributed by atoms with E-state index < -0.39 is 0 Å². The second kappa shape index (κ2) is 5.08. The maximum atomic E-state index is 6.14. The molecule has 0 fully saturated rings. The number of imidazole rings is 1. The van der Waals surface area contributed by atoms with Crippen LogP contribution in [0.2, 0.25) is 0 Å². The van der Waals surface area contributed by atoms with Gasteiger partial charge in [-0.15, -0.1) is 0 Å². The third-order valence-corrected chi connectivity index (χ3v) is 3.07. The number of ether oxygens (including phenoxy) is 1. The first-order valence-corrected chi connectivity index (χ1v) is 6.27. The number of methoxy groups -OCH3 is 1. The first-order chi connectivity index (χ1) is 8.54. The number of nitrogens with zero attached hydrogens (tertiary/aromatic N) is 2. The zero-order valence-corrected chi connectivity index (χ0v) is 11.5. The summed E-state index contributed by atoms with van der Waals surface area (Å²) in [7, 11) is 1.66. The molecular formula is C14H21N3O. The molecule has 98 valence electrons. The highest BCUT2D eigenvalue weighted by molar-refractivity contribution is 5.77. The SMILES string of the molecule is COCC(N)c1nc2cc(C)ccc2n1C(C)C. The topological polar surface area (TPSA) is 53.1 Å². The number of aromatic nitrogens is 2. The van der Waals surface area contributed by atoms with Crippen molar-refractivity contribution in [1.29, 1.82) is 0 Å². The predicted molar refractivity (Wildman–Crippen MR) is 73.7 cm³/mol. The molecule has 0 spiro atoms. The Morgan fingerprint density at radius 3 is 2.72 bits per heavy atom. The molecule has 1 heterocycles. The van der Waals surface area contributed by atoms with E-state index in [1.165, 1.54) is 5.56 Å². The highest BCUT2D eigenvalue weighted by Crippen LogP contribution is 2.25. The van der Waals surface area contributed by atoms with Gasteiger partial charge in [0.05, 0.1) is 23.7 Å². The molecule has 0 aliphatic rings. The molecule has 0 saturated heterocycles. The maximum absolute atomic E-state index is 6.14. The molecular weight excluding hydrogens is 226 g/mol. The van der Waals surface area contributed by atoms with Gasteiger partial charge in [-0.25, -0.2) is 4.98 Å². The lowest BCUT2D eigenvalue weighted by atomic mass is 10.2. The van der Waals surface area contributed by atoms with Crippen molar-refractivity contribution >= 4 is 11.0 Å². The molecule has 2 aromatic rings. The van der Waals surface area contributed by atoms with E-state index in [4.69, 9.17) is 10.5 Å². The summed E-state index contributed by atoms with van der Waals surface area (Å²) < 4.78 is 7.33. The molecule has 4 heteroatoms. The molecule has 1 aromatic heterocycles. The van der Waals surface area contributed by atoms with Crippen molar-refractivity contribution in [3.05, 3.63) is 29.6 Å². The van der Waals surface area contributed by atoms with Crippen molar-refractivity contribution in [3.8, 4) is 0 Å². The average Bonchev–Trinajstić information content (AvgIpc) is 2.67. The fourth-order valence-electron chi connectivity index (χ4n) is 2.29. The molecule has 0 saturated carbocycles. The van der Waals surface area contributed by atoms with E-state index in [0.717, 1.165) is 16.9 Å². The van der Waals surface area contributed by atoms with Crippen LogP contribution < -0.4 is 5.73 Å². The van der Waals surface area contributed by atoms with Crippen LogP contribution in [0.25, 0.3) is 11.0 Å². The molecule has 0 bridgehead atoms. The second-order valence-electron chi connectivity index (χ2n) is 4.99. The van der Waals surface area contributed by atoms with E-state index in [2.05, 4.69) is 48.5 Å². The molecule has 1 unspecified atom stereocenters. The molecule has 0 radical (unpaired) electrons. The summed E-state index contributed by atoms with van der Waals surface area (Å²) in [6.45, 7) is 6.84. The Kier molecular flexibility index (Phi) is 3.68. The molecule has 18 heavy (non-hydrogen) atoms. The van der Waals surface area contributed by atoms with E-state index in [0.29, 0.717) is 12.6 Å². The van der Waals surface area contributed by atoms with Gasteiger partial charge in [0.25, 0.3) is 0 Å². The van der Waals surface area contributed by atoms with Gasteiger partial charge in [0.1, 0.15) is 5.82 Å². The Morgan fingerprint density at radius 1 is 1.39 bits per heavy atom. The summed E-state index contributed by atoms with van der Waals surface area (Å²) in [4.78, 5) is 4.67. The molecule has 1 atom stereocenters. The van der Waals surface area contributed by atoms with E-state index in [1.54, 1.807) is 7.11 Å². The lowest BCUT2D eigenvalue weighted by Crippen LogP contribution is -2.21. The maximum Gasteiger partial charge on any atom is 0.129 e. The minimum atomic E-state index is -0.190. The number of hydrogen-bond acceptors (Lipinski definition) is 3. The van der Waals surface area contributed by atoms with Crippen LogP contribution in [0.1, 0.15) is 37.3 Å². The highest BCUT2D eigenvalue weighted by Gasteiger charge is 2.18. The van der Waals surface area contributed by atoms with Crippen molar-refractivity contribution in [3.63, 3.8) is 0 Å². The number of fused-ring (bicyclic) bond motifs is 1. The molecule has 0 aliphatic carbocycles. The normalized spacial score (nSPS) is 13.4. The number of hydrogen-bond donors (Lipinski definition) is 1. The van der Waals surface area contributed by atoms with Gasteiger partial charge in [0.2, 0.25) is 0 Å². The second-order valence-corrected chi connectivity index (χ2v) is 4.99. The van der Waals surface area contributed by atoms with Crippen molar-refractivity contribution in [2.24, 2.45) is 5.73 Å². The molecule has 4 nitrogen and oxygen atoms in total. The van der Waals surface area contributed by atoms with Gasteiger partial charge in [0.15, 0.2) is 0 Å². The largest absolute Gasteiger partial charge is 0.383 e. The van der Waals surface area contributed by atoms with Crippen LogP contribution in [-0.4, -0.2) is 23.3 Å². The molecule has 0 amide bonds. The van der Waals surface area contributed by atoms with Crippen molar-refractivity contribution < 1.29 is 4.74 Å². The zero-order chi connectivity index (χ0) is 13.3. The van der Waals surface area contributed by atoms with Gasteiger partial charge in [-0.3, -0.25) is 0 Å². The van der Waals surface area contributed by atoms with Gasteiger partial charge >= 0.3 is 0 Å². The number of aryl methyl sites for hydroxylation is 1. The number of rotatable bonds is 4. The lowest BCUT2D eigenvalue weighted by Gasteiger charge is -2.17.